The van der Waals surface area contributed by atoms with Crippen LogP contribution < -0.4 is 4.90 Å². The van der Waals surface area contributed by atoms with Gasteiger partial charge >= 0.3 is 0 Å². The van der Waals surface area contributed by atoms with Gasteiger partial charge in [0.15, 0.2) is 5.13 Å². The largest absolute Gasteiger partial charge is 0.388 e. The summed E-state index contributed by atoms with van der Waals surface area (Å²) in [5.74, 6) is 0. The molecule has 0 bridgehead atoms. The van der Waals surface area contributed by atoms with Crippen LogP contribution >= 0.6 is 23.1 Å². The minimum absolute atomic E-state index is 0.269. The van der Waals surface area contributed by atoms with Crippen LogP contribution in [0.4, 0.5) is 5.13 Å². The number of fused-ring (bicyclic) bond motifs is 1. The Morgan fingerprint density at radius 2 is 2.00 bits per heavy atom. The molecule has 0 radical (unpaired) electrons. The summed E-state index contributed by atoms with van der Waals surface area (Å²) < 4.78 is 0. The number of aromatic nitrogens is 1. The quantitative estimate of drug-likeness (QED) is 0.860. The van der Waals surface area contributed by atoms with Crippen molar-refractivity contribution in [2.45, 2.75) is 49.7 Å². The summed E-state index contributed by atoms with van der Waals surface area (Å²) in [4.78, 5) is 8.29. The molecule has 1 aromatic heterocycles. The topological polar surface area (TPSA) is 36.4 Å². The molecule has 1 aromatic rings. The molecule has 2 heterocycles. The Balaban J connectivity index is 1.84. The Morgan fingerprint density at radius 3 is 2.67 bits per heavy atom. The molecule has 5 heteroatoms. The first-order valence-electron chi connectivity index (χ1n) is 6.71. The van der Waals surface area contributed by atoms with Crippen molar-refractivity contribution in [1.82, 2.24) is 4.98 Å². The number of hydrogen-bond donors (Lipinski definition) is 1. The average Bonchev–Trinajstić information content (AvgIpc) is 2.73. The highest BCUT2D eigenvalue weighted by Gasteiger charge is 2.28. The molecule has 1 fully saturated rings. The van der Waals surface area contributed by atoms with Crippen LogP contribution in [0.2, 0.25) is 0 Å². The third-order valence-electron chi connectivity index (χ3n) is 3.60. The molecule has 18 heavy (non-hydrogen) atoms. The molecular formula is C13H20N2OS2. The highest BCUT2D eigenvalue weighted by atomic mass is 32.2. The highest BCUT2D eigenvalue weighted by molar-refractivity contribution is 8.00. The van der Waals surface area contributed by atoms with Crippen LogP contribution in [0, 0.1) is 0 Å². The number of thiazole rings is 1. The van der Waals surface area contributed by atoms with Crippen molar-refractivity contribution in [3.05, 3.63) is 10.6 Å². The van der Waals surface area contributed by atoms with E-state index in [1.165, 1.54) is 0 Å². The second-order valence-corrected chi connectivity index (χ2v) is 8.27. The van der Waals surface area contributed by atoms with E-state index in [9.17, 15) is 5.11 Å². The Morgan fingerprint density at radius 1 is 1.28 bits per heavy atom. The van der Waals surface area contributed by atoms with Gasteiger partial charge in [0.05, 0.1) is 16.7 Å². The van der Waals surface area contributed by atoms with E-state index in [0.29, 0.717) is 10.5 Å². The van der Waals surface area contributed by atoms with Gasteiger partial charge in [-0.15, -0.1) is 0 Å². The highest BCUT2D eigenvalue weighted by Crippen LogP contribution is 2.39. The number of aliphatic hydroxyl groups is 1. The summed E-state index contributed by atoms with van der Waals surface area (Å²) >= 11 is 3.77. The van der Waals surface area contributed by atoms with Gasteiger partial charge in [-0.2, -0.15) is 11.8 Å². The van der Waals surface area contributed by atoms with Crippen molar-refractivity contribution < 1.29 is 5.11 Å². The molecule has 100 valence electrons. The molecule has 1 saturated heterocycles. The molecule has 0 spiro atoms. The van der Waals surface area contributed by atoms with Crippen LogP contribution in [-0.4, -0.2) is 33.7 Å². The van der Waals surface area contributed by atoms with Gasteiger partial charge < -0.3 is 10.0 Å². The van der Waals surface area contributed by atoms with E-state index in [4.69, 9.17) is 4.98 Å². The second kappa shape index (κ2) is 5.02. The maximum absolute atomic E-state index is 10.0. The molecule has 3 unspecified atom stereocenters. The van der Waals surface area contributed by atoms with Gasteiger partial charge in [0.1, 0.15) is 0 Å². The molecule has 1 aliphatic heterocycles. The van der Waals surface area contributed by atoms with Crippen molar-refractivity contribution in [2.75, 3.05) is 18.0 Å². The van der Waals surface area contributed by atoms with Crippen LogP contribution in [0.1, 0.15) is 43.4 Å². The number of rotatable bonds is 1. The molecule has 3 nitrogen and oxygen atoms in total. The van der Waals surface area contributed by atoms with Crippen molar-refractivity contribution in [3.8, 4) is 0 Å². The van der Waals surface area contributed by atoms with Gasteiger partial charge in [-0.05, 0) is 19.3 Å². The number of anilines is 1. The molecule has 0 amide bonds. The van der Waals surface area contributed by atoms with E-state index < -0.39 is 0 Å². The zero-order valence-electron chi connectivity index (χ0n) is 10.9. The van der Waals surface area contributed by atoms with Crippen molar-refractivity contribution >= 4 is 28.2 Å². The lowest BCUT2D eigenvalue weighted by atomic mass is 10.0. The first-order chi connectivity index (χ1) is 8.63. The lowest BCUT2D eigenvalue weighted by Gasteiger charge is -2.34. The fraction of sp³-hybridized carbons (Fsp3) is 0.769. The maximum Gasteiger partial charge on any atom is 0.185 e. The fourth-order valence-electron chi connectivity index (χ4n) is 2.85. The van der Waals surface area contributed by atoms with Crippen molar-refractivity contribution in [1.29, 1.82) is 0 Å². The number of hydrogen-bond acceptors (Lipinski definition) is 5. The maximum atomic E-state index is 10.0. The van der Waals surface area contributed by atoms with Crippen LogP contribution in [-0.2, 0) is 6.42 Å². The monoisotopic (exact) mass is 284 g/mol. The van der Waals surface area contributed by atoms with E-state index in [1.807, 2.05) is 0 Å². The van der Waals surface area contributed by atoms with Gasteiger partial charge in [0, 0.05) is 23.6 Å². The zero-order chi connectivity index (χ0) is 12.7. The summed E-state index contributed by atoms with van der Waals surface area (Å²) in [5, 5.41) is 12.5. The minimum atomic E-state index is -0.269. The lowest BCUT2D eigenvalue weighted by Crippen LogP contribution is -2.40. The van der Waals surface area contributed by atoms with E-state index in [1.54, 1.807) is 11.3 Å². The molecule has 1 aliphatic carbocycles. The summed E-state index contributed by atoms with van der Waals surface area (Å²) in [7, 11) is 0. The second-order valence-electron chi connectivity index (χ2n) is 5.38. The Kier molecular flexibility index (Phi) is 3.56. The predicted octanol–water partition coefficient (Wildman–Crippen LogP) is 2.84. The van der Waals surface area contributed by atoms with Gasteiger partial charge in [0.25, 0.3) is 0 Å². The number of nitrogens with zero attached hydrogens (tertiary/aromatic N) is 2. The van der Waals surface area contributed by atoms with Crippen LogP contribution in [0.5, 0.6) is 0 Å². The summed E-state index contributed by atoms with van der Waals surface area (Å²) in [6, 6.07) is 0. The third kappa shape index (κ3) is 2.40. The molecule has 0 aromatic carbocycles. The lowest BCUT2D eigenvalue weighted by molar-refractivity contribution is 0.160. The normalized spacial score (nSPS) is 32.4. The van der Waals surface area contributed by atoms with Crippen LogP contribution in [0.15, 0.2) is 0 Å². The third-order valence-corrected chi connectivity index (χ3v) is 6.09. The SMILES string of the molecule is CC1CN(c2nc3c(s2)C(O)CCC3)CC(C)S1. The molecule has 3 rings (SSSR count). The van der Waals surface area contributed by atoms with Gasteiger partial charge in [-0.3, -0.25) is 0 Å². The summed E-state index contributed by atoms with van der Waals surface area (Å²) in [6.45, 7) is 6.74. The van der Waals surface area contributed by atoms with E-state index in [-0.39, 0.29) is 6.10 Å². The molecule has 2 aliphatic rings. The van der Waals surface area contributed by atoms with E-state index in [2.05, 4.69) is 30.5 Å². The number of aliphatic hydroxyl groups excluding tert-OH is 1. The standard InChI is InChI=1S/C13H20N2OS2/c1-8-6-15(7-9(2)17-8)13-14-10-4-3-5-11(16)12(10)18-13/h8-9,11,16H,3-7H2,1-2H3. The predicted molar refractivity (Wildman–Crippen MR) is 78.7 cm³/mol. The Hall–Kier alpha value is -0.260. The molecule has 0 saturated carbocycles. The minimum Gasteiger partial charge on any atom is -0.388 e. The summed E-state index contributed by atoms with van der Waals surface area (Å²) in [5.41, 5.74) is 1.15. The first-order valence-corrected chi connectivity index (χ1v) is 8.47. The van der Waals surface area contributed by atoms with Crippen molar-refractivity contribution in [3.63, 3.8) is 0 Å². The van der Waals surface area contributed by atoms with Gasteiger partial charge in [-0.1, -0.05) is 25.2 Å². The van der Waals surface area contributed by atoms with Gasteiger partial charge in [0.2, 0.25) is 0 Å². The fourth-order valence-corrected chi connectivity index (χ4v) is 5.33. The van der Waals surface area contributed by atoms with Crippen LogP contribution in [0.3, 0.4) is 0 Å². The first kappa shape index (κ1) is 12.8. The molecular weight excluding hydrogens is 264 g/mol. The number of thioether (sulfide) groups is 1. The Labute approximate surface area is 117 Å². The molecule has 3 atom stereocenters. The Bertz CT molecular complexity index is 425. The van der Waals surface area contributed by atoms with Crippen molar-refractivity contribution in [2.24, 2.45) is 0 Å². The number of aryl methyl sites for hydroxylation is 1. The molecule has 1 N–H and O–H groups in total. The van der Waals surface area contributed by atoms with Gasteiger partial charge in [-0.25, -0.2) is 4.98 Å². The van der Waals surface area contributed by atoms with E-state index in [0.717, 1.165) is 48.1 Å². The zero-order valence-corrected chi connectivity index (χ0v) is 12.6. The smallest absolute Gasteiger partial charge is 0.185 e. The average molecular weight is 284 g/mol. The summed E-state index contributed by atoms with van der Waals surface area (Å²) in [6.07, 6.45) is 2.74. The van der Waals surface area contributed by atoms with Crippen LogP contribution in [0.25, 0.3) is 0 Å². The van der Waals surface area contributed by atoms with E-state index >= 15 is 0 Å².